The lowest BCUT2D eigenvalue weighted by Crippen LogP contribution is -2.47. The number of carboxylic acid groups (broad SMARTS) is 1. The normalized spacial score (nSPS) is 14.4. The smallest absolute Gasteiger partial charge is 0.408 e. The van der Waals surface area contributed by atoms with Crippen LogP contribution in [0.25, 0.3) is 11.1 Å². The summed E-state index contributed by atoms with van der Waals surface area (Å²) in [4.78, 5) is 23.0. The van der Waals surface area contributed by atoms with Gasteiger partial charge in [-0.25, -0.2) is 4.79 Å². The summed E-state index contributed by atoms with van der Waals surface area (Å²) in [6.45, 7) is -0.459. The first-order valence-electron chi connectivity index (χ1n) is 8.13. The van der Waals surface area contributed by atoms with Crippen molar-refractivity contribution in [3.8, 4) is 11.1 Å². The molecule has 1 N–H and O–H groups in total. The van der Waals surface area contributed by atoms with E-state index in [1.807, 2.05) is 12.1 Å². The van der Waals surface area contributed by atoms with Crippen molar-refractivity contribution in [3.63, 3.8) is 0 Å². The van der Waals surface area contributed by atoms with Crippen molar-refractivity contribution in [2.75, 3.05) is 6.54 Å². The molecule has 0 saturated heterocycles. The third kappa shape index (κ3) is 3.79. The van der Waals surface area contributed by atoms with Crippen LogP contribution in [0.2, 0.25) is 0 Å². The van der Waals surface area contributed by atoms with Crippen LogP contribution in [0.5, 0.6) is 0 Å². The van der Waals surface area contributed by atoms with E-state index in [1.54, 1.807) is 36.4 Å². The Balaban J connectivity index is 2.00. The summed E-state index contributed by atoms with van der Waals surface area (Å²) in [5.41, 5.74) is 3.12. The second-order valence-electron chi connectivity index (χ2n) is 6.30. The second-order valence-corrected chi connectivity index (χ2v) is 6.30. The van der Waals surface area contributed by atoms with Gasteiger partial charge in [0.25, 0.3) is 0 Å². The van der Waals surface area contributed by atoms with E-state index < -0.39 is 43.2 Å². The maximum absolute atomic E-state index is 13.3. The first-order valence-corrected chi connectivity index (χ1v) is 8.13. The summed E-state index contributed by atoms with van der Waals surface area (Å²) in [7, 11) is 0. The molecule has 1 amide bonds. The molecule has 0 heterocycles. The molecule has 1 atom stereocenters. The number of rotatable bonds is 5. The Morgan fingerprint density at radius 1 is 1.00 bits per heavy atom. The molecule has 2 aromatic rings. The fraction of sp³-hybridized carbons (Fsp3) is 0.263. The van der Waals surface area contributed by atoms with Gasteiger partial charge in [0.15, 0.2) is 0 Å². The molecular weight excluding hydrogens is 366 g/mol. The summed E-state index contributed by atoms with van der Waals surface area (Å²) >= 11 is 0. The summed E-state index contributed by atoms with van der Waals surface area (Å²) < 4.78 is 51.6. The van der Waals surface area contributed by atoms with Gasteiger partial charge in [0.05, 0.1) is 6.42 Å². The molecule has 0 spiro atoms. The number of halogens is 4. The van der Waals surface area contributed by atoms with Gasteiger partial charge in [-0.05, 0) is 22.3 Å². The van der Waals surface area contributed by atoms with Crippen molar-refractivity contribution in [1.29, 1.82) is 0 Å². The van der Waals surface area contributed by atoms with E-state index in [1.165, 1.54) is 0 Å². The van der Waals surface area contributed by atoms with Gasteiger partial charge >= 0.3 is 18.3 Å². The highest BCUT2D eigenvalue weighted by atomic mass is 19.4. The molecule has 0 radical (unpaired) electrons. The summed E-state index contributed by atoms with van der Waals surface area (Å²) in [6.07, 6.45) is -8.53. The van der Waals surface area contributed by atoms with Crippen LogP contribution in [0.3, 0.4) is 0 Å². The summed E-state index contributed by atoms with van der Waals surface area (Å²) in [5, 5.41) is 9.39. The van der Waals surface area contributed by atoms with Crippen molar-refractivity contribution in [2.24, 2.45) is 0 Å². The van der Waals surface area contributed by atoms with Gasteiger partial charge < -0.3 is 5.11 Å². The molecule has 0 bridgehead atoms. The third-order valence-corrected chi connectivity index (χ3v) is 4.65. The SMILES string of the molecule is O=C(F)[C@H](CC(F)(F)F)N(CC1c2ccccc2-c2ccccc21)C(=O)O. The zero-order valence-corrected chi connectivity index (χ0v) is 13.9. The molecule has 1 aliphatic carbocycles. The summed E-state index contributed by atoms with van der Waals surface area (Å²) in [6, 6.07) is 9.45. The van der Waals surface area contributed by atoms with Gasteiger partial charge in [0, 0.05) is 12.5 Å². The fourth-order valence-corrected chi connectivity index (χ4v) is 3.52. The first kappa shape index (κ1) is 18.9. The van der Waals surface area contributed by atoms with E-state index in [0.717, 1.165) is 22.3 Å². The Hall–Kier alpha value is -2.90. The topological polar surface area (TPSA) is 57.6 Å². The average Bonchev–Trinajstić information content (AvgIpc) is 2.91. The molecule has 3 rings (SSSR count). The molecule has 8 heteroatoms. The van der Waals surface area contributed by atoms with Gasteiger partial charge in [-0.15, -0.1) is 0 Å². The zero-order valence-electron chi connectivity index (χ0n) is 13.9. The lowest BCUT2D eigenvalue weighted by atomic mass is 9.95. The predicted octanol–water partition coefficient (Wildman–Crippen LogP) is 4.60. The van der Waals surface area contributed by atoms with Crippen LogP contribution in [0.1, 0.15) is 23.5 Å². The number of amides is 1. The Bertz CT molecular complexity index is 836. The van der Waals surface area contributed by atoms with Crippen LogP contribution < -0.4 is 0 Å². The zero-order chi connectivity index (χ0) is 19.8. The molecule has 2 aromatic carbocycles. The number of carbonyl (C=O) groups is 2. The van der Waals surface area contributed by atoms with E-state index in [-0.39, 0.29) is 4.90 Å². The van der Waals surface area contributed by atoms with Crippen LogP contribution in [0, 0.1) is 0 Å². The Labute approximate surface area is 152 Å². The molecule has 0 aliphatic heterocycles. The molecule has 142 valence electrons. The molecule has 4 nitrogen and oxygen atoms in total. The van der Waals surface area contributed by atoms with E-state index >= 15 is 0 Å². The monoisotopic (exact) mass is 381 g/mol. The van der Waals surface area contributed by atoms with Crippen LogP contribution >= 0.6 is 0 Å². The molecule has 0 unspecified atom stereocenters. The highest BCUT2D eigenvalue weighted by Gasteiger charge is 2.42. The van der Waals surface area contributed by atoms with Crippen LogP contribution in [-0.2, 0) is 4.79 Å². The largest absolute Gasteiger partial charge is 0.465 e. The number of fused-ring (bicyclic) bond motifs is 3. The fourth-order valence-electron chi connectivity index (χ4n) is 3.52. The van der Waals surface area contributed by atoms with E-state index in [9.17, 15) is 32.3 Å². The molecule has 1 aliphatic rings. The van der Waals surface area contributed by atoms with E-state index in [4.69, 9.17) is 0 Å². The molecular formula is C19H15F4NO3. The van der Waals surface area contributed by atoms with Gasteiger partial charge in [0.1, 0.15) is 6.04 Å². The summed E-state index contributed by atoms with van der Waals surface area (Å²) in [5.74, 6) is -0.594. The van der Waals surface area contributed by atoms with Crippen molar-refractivity contribution >= 4 is 12.1 Å². The predicted molar refractivity (Wildman–Crippen MR) is 89.0 cm³/mol. The molecule has 0 aromatic heterocycles. The minimum absolute atomic E-state index is 0.249. The highest BCUT2D eigenvalue weighted by Crippen LogP contribution is 2.45. The van der Waals surface area contributed by atoms with Gasteiger partial charge in [-0.3, -0.25) is 9.69 Å². The first-order chi connectivity index (χ1) is 12.7. The molecule has 0 saturated carbocycles. The minimum Gasteiger partial charge on any atom is -0.465 e. The van der Waals surface area contributed by atoms with Crippen LogP contribution in [0.15, 0.2) is 48.5 Å². The maximum atomic E-state index is 13.3. The number of nitrogens with zero attached hydrogens (tertiary/aromatic N) is 1. The Kier molecular flexibility index (Phi) is 4.91. The van der Waals surface area contributed by atoms with Crippen LogP contribution in [-0.4, -0.2) is 40.9 Å². The van der Waals surface area contributed by atoms with E-state index in [0.29, 0.717) is 0 Å². The van der Waals surface area contributed by atoms with Gasteiger partial charge in [-0.1, -0.05) is 48.5 Å². The van der Waals surface area contributed by atoms with E-state index in [2.05, 4.69) is 0 Å². The number of carbonyl (C=O) groups excluding carboxylic acids is 1. The average molecular weight is 381 g/mol. The van der Waals surface area contributed by atoms with Crippen molar-refractivity contribution in [1.82, 2.24) is 4.90 Å². The number of benzene rings is 2. The lowest BCUT2D eigenvalue weighted by molar-refractivity contribution is -0.160. The number of hydrogen-bond donors (Lipinski definition) is 1. The molecule has 27 heavy (non-hydrogen) atoms. The van der Waals surface area contributed by atoms with Gasteiger partial charge in [-0.2, -0.15) is 17.6 Å². The Morgan fingerprint density at radius 3 is 1.89 bits per heavy atom. The maximum Gasteiger partial charge on any atom is 0.408 e. The number of alkyl halides is 3. The highest BCUT2D eigenvalue weighted by molar-refractivity contribution is 5.82. The standard InChI is InChI=1S/C19H15F4NO3/c20-17(25)16(9-19(21,22)23)24(18(26)27)10-15-13-7-3-1-5-11(13)12-6-2-4-8-14(12)15/h1-8,15-16H,9-10H2,(H,26,27)/t16-/m0/s1. The second kappa shape index (κ2) is 7.02. The van der Waals surface area contributed by atoms with Crippen molar-refractivity contribution in [2.45, 2.75) is 24.6 Å². The van der Waals surface area contributed by atoms with Gasteiger partial charge in [0.2, 0.25) is 0 Å². The minimum atomic E-state index is -4.88. The number of hydrogen-bond acceptors (Lipinski definition) is 2. The quantitative estimate of drug-likeness (QED) is 0.609. The van der Waals surface area contributed by atoms with Crippen molar-refractivity contribution in [3.05, 3.63) is 59.7 Å². The third-order valence-electron chi connectivity index (χ3n) is 4.65. The van der Waals surface area contributed by atoms with Crippen molar-refractivity contribution < 1.29 is 32.3 Å². The Morgan fingerprint density at radius 2 is 1.48 bits per heavy atom. The van der Waals surface area contributed by atoms with Crippen LogP contribution in [0.4, 0.5) is 22.4 Å². The lowest BCUT2D eigenvalue weighted by Gasteiger charge is -2.29. The molecule has 0 fully saturated rings.